The SMILES string of the molecule is Cn1c2cc(C3CCCCC3)ncc2c2cnc(C3CCCCC3)cc21. The number of hydrogen-bond donors (Lipinski definition) is 0. The predicted octanol–water partition coefficient (Wildman–Crippen LogP) is 6.22. The summed E-state index contributed by atoms with van der Waals surface area (Å²) in [5.74, 6) is 1.31. The molecule has 3 heterocycles. The van der Waals surface area contributed by atoms with Gasteiger partial charge in [0.1, 0.15) is 0 Å². The van der Waals surface area contributed by atoms with Crippen molar-refractivity contribution >= 4 is 21.8 Å². The number of hydrogen-bond acceptors (Lipinski definition) is 2. The molecule has 3 heteroatoms. The summed E-state index contributed by atoms with van der Waals surface area (Å²) in [6.45, 7) is 0. The van der Waals surface area contributed by atoms with Crippen LogP contribution in [0.25, 0.3) is 21.8 Å². The molecule has 2 saturated carbocycles. The molecule has 0 bridgehead atoms. The van der Waals surface area contributed by atoms with Gasteiger partial charge in [-0.05, 0) is 37.8 Å². The van der Waals surface area contributed by atoms with Crippen LogP contribution in [-0.4, -0.2) is 14.5 Å². The van der Waals surface area contributed by atoms with Crippen molar-refractivity contribution < 1.29 is 0 Å². The van der Waals surface area contributed by atoms with Gasteiger partial charge in [-0.25, -0.2) is 0 Å². The summed E-state index contributed by atoms with van der Waals surface area (Å²) in [6.07, 6.45) is 17.6. The Morgan fingerprint density at radius 2 is 1.12 bits per heavy atom. The maximum absolute atomic E-state index is 4.87. The lowest BCUT2D eigenvalue weighted by Gasteiger charge is -2.21. The molecule has 0 atom stereocenters. The standard InChI is InChI=1S/C23H29N3/c1-26-22-12-20(16-8-4-2-5-9-16)24-14-18(22)19-15-25-21(13-23(19)26)17-10-6-3-7-11-17/h12-17H,2-11H2,1H3. The summed E-state index contributed by atoms with van der Waals surface area (Å²) >= 11 is 0. The molecule has 0 radical (unpaired) electrons. The summed E-state index contributed by atoms with van der Waals surface area (Å²) in [5.41, 5.74) is 5.23. The van der Waals surface area contributed by atoms with E-state index in [1.807, 2.05) is 0 Å². The van der Waals surface area contributed by atoms with Crippen molar-refractivity contribution in [1.29, 1.82) is 0 Å². The molecule has 26 heavy (non-hydrogen) atoms. The van der Waals surface area contributed by atoms with Gasteiger partial charge in [-0.3, -0.25) is 9.97 Å². The molecule has 0 amide bonds. The highest BCUT2D eigenvalue weighted by molar-refractivity contribution is 6.07. The van der Waals surface area contributed by atoms with Crippen molar-refractivity contribution in [3.05, 3.63) is 35.9 Å². The van der Waals surface area contributed by atoms with Gasteiger partial charge >= 0.3 is 0 Å². The predicted molar refractivity (Wildman–Crippen MR) is 108 cm³/mol. The van der Waals surface area contributed by atoms with Gasteiger partial charge in [-0.2, -0.15) is 0 Å². The first-order valence-electron chi connectivity index (χ1n) is 10.6. The molecule has 2 fully saturated rings. The first-order valence-corrected chi connectivity index (χ1v) is 10.6. The first-order chi connectivity index (χ1) is 12.8. The second kappa shape index (κ2) is 6.68. The number of aromatic nitrogens is 3. The van der Waals surface area contributed by atoms with Crippen LogP contribution in [0.4, 0.5) is 0 Å². The van der Waals surface area contributed by atoms with Crippen molar-refractivity contribution in [1.82, 2.24) is 14.5 Å². The van der Waals surface area contributed by atoms with Gasteiger partial charge in [-0.15, -0.1) is 0 Å². The zero-order valence-electron chi connectivity index (χ0n) is 15.9. The quantitative estimate of drug-likeness (QED) is 0.551. The second-order valence-electron chi connectivity index (χ2n) is 8.48. The van der Waals surface area contributed by atoms with E-state index in [0.717, 1.165) is 0 Å². The Morgan fingerprint density at radius 3 is 1.54 bits per heavy atom. The van der Waals surface area contributed by atoms with Crippen LogP contribution in [0.5, 0.6) is 0 Å². The highest BCUT2D eigenvalue weighted by Crippen LogP contribution is 2.37. The van der Waals surface area contributed by atoms with Gasteiger partial charge in [0, 0.05) is 53.4 Å². The molecule has 5 rings (SSSR count). The monoisotopic (exact) mass is 347 g/mol. The summed E-state index contributed by atoms with van der Waals surface area (Å²) in [5, 5.41) is 2.51. The van der Waals surface area contributed by atoms with E-state index in [-0.39, 0.29) is 0 Å². The van der Waals surface area contributed by atoms with Crippen LogP contribution in [0, 0.1) is 0 Å². The number of rotatable bonds is 2. The van der Waals surface area contributed by atoms with E-state index in [1.54, 1.807) is 0 Å². The third-order valence-corrected chi connectivity index (χ3v) is 6.87. The third-order valence-electron chi connectivity index (χ3n) is 6.87. The minimum Gasteiger partial charge on any atom is -0.343 e. The van der Waals surface area contributed by atoms with Gasteiger partial charge in [-0.1, -0.05) is 38.5 Å². The highest BCUT2D eigenvalue weighted by atomic mass is 14.9. The summed E-state index contributed by atoms with van der Waals surface area (Å²) in [7, 11) is 2.21. The minimum atomic E-state index is 0.655. The Labute approximate surface area is 155 Å². The van der Waals surface area contributed by atoms with E-state index in [9.17, 15) is 0 Å². The van der Waals surface area contributed by atoms with Crippen LogP contribution in [0.15, 0.2) is 24.5 Å². The lowest BCUT2D eigenvalue weighted by Crippen LogP contribution is -2.06. The Balaban J connectivity index is 1.58. The largest absolute Gasteiger partial charge is 0.343 e. The maximum atomic E-state index is 4.87. The van der Waals surface area contributed by atoms with Crippen LogP contribution in [0.3, 0.4) is 0 Å². The van der Waals surface area contributed by atoms with Crippen molar-refractivity contribution in [2.75, 3.05) is 0 Å². The summed E-state index contributed by atoms with van der Waals surface area (Å²) in [6, 6.07) is 4.71. The average molecular weight is 348 g/mol. The van der Waals surface area contributed by atoms with Crippen molar-refractivity contribution in [3.63, 3.8) is 0 Å². The van der Waals surface area contributed by atoms with Gasteiger partial charge < -0.3 is 4.57 Å². The van der Waals surface area contributed by atoms with E-state index in [0.29, 0.717) is 11.8 Å². The van der Waals surface area contributed by atoms with Crippen LogP contribution >= 0.6 is 0 Å². The molecule has 0 saturated heterocycles. The Hall–Kier alpha value is -1.90. The van der Waals surface area contributed by atoms with Crippen molar-refractivity contribution in [3.8, 4) is 0 Å². The molecule has 3 nitrogen and oxygen atoms in total. The zero-order valence-corrected chi connectivity index (χ0v) is 15.9. The zero-order chi connectivity index (χ0) is 17.5. The molecule has 0 aliphatic heterocycles. The smallest absolute Gasteiger partial charge is 0.0523 e. The van der Waals surface area contributed by atoms with E-state index in [4.69, 9.17) is 9.97 Å². The Bertz CT molecular complexity index is 852. The fourth-order valence-corrected chi connectivity index (χ4v) is 5.26. The normalized spacial score (nSPS) is 20.2. The molecule has 2 aliphatic carbocycles. The minimum absolute atomic E-state index is 0.655. The highest BCUT2D eigenvalue weighted by Gasteiger charge is 2.21. The lowest BCUT2D eigenvalue weighted by atomic mass is 9.86. The number of fused-ring (bicyclic) bond motifs is 3. The molecular weight excluding hydrogens is 318 g/mol. The summed E-state index contributed by atoms with van der Waals surface area (Å²) in [4.78, 5) is 9.73. The molecule has 0 spiro atoms. The molecule has 0 unspecified atom stereocenters. The summed E-state index contributed by atoms with van der Waals surface area (Å²) < 4.78 is 2.37. The molecule has 3 aromatic rings. The van der Waals surface area contributed by atoms with Gasteiger partial charge in [0.2, 0.25) is 0 Å². The third kappa shape index (κ3) is 2.72. The lowest BCUT2D eigenvalue weighted by molar-refractivity contribution is 0.437. The van der Waals surface area contributed by atoms with Crippen LogP contribution in [-0.2, 0) is 7.05 Å². The van der Waals surface area contributed by atoms with Crippen molar-refractivity contribution in [2.45, 2.75) is 76.0 Å². The molecule has 2 aliphatic rings. The van der Waals surface area contributed by atoms with E-state index < -0.39 is 0 Å². The Morgan fingerprint density at radius 1 is 0.692 bits per heavy atom. The van der Waals surface area contributed by atoms with Gasteiger partial charge in [0.25, 0.3) is 0 Å². The van der Waals surface area contributed by atoms with Crippen LogP contribution in [0.2, 0.25) is 0 Å². The number of nitrogens with zero attached hydrogens (tertiary/aromatic N) is 3. The van der Waals surface area contributed by atoms with E-state index in [2.05, 4.69) is 36.1 Å². The Kier molecular flexibility index (Phi) is 4.18. The first kappa shape index (κ1) is 16.3. The molecule has 0 aromatic carbocycles. The molecule has 0 N–H and O–H groups in total. The number of pyridine rings is 2. The molecule has 136 valence electrons. The van der Waals surface area contributed by atoms with Crippen molar-refractivity contribution in [2.24, 2.45) is 7.05 Å². The average Bonchev–Trinajstić information content (AvgIpc) is 3.01. The van der Waals surface area contributed by atoms with E-state index >= 15 is 0 Å². The fraction of sp³-hybridized carbons (Fsp3) is 0.565. The van der Waals surface area contributed by atoms with E-state index in [1.165, 1.54) is 97.4 Å². The van der Waals surface area contributed by atoms with Crippen LogP contribution in [0.1, 0.15) is 87.4 Å². The van der Waals surface area contributed by atoms with Gasteiger partial charge in [0.05, 0.1) is 11.0 Å². The molecular formula is C23H29N3. The maximum Gasteiger partial charge on any atom is 0.0523 e. The topological polar surface area (TPSA) is 30.7 Å². The molecule has 3 aromatic heterocycles. The number of aryl methyl sites for hydroxylation is 1. The van der Waals surface area contributed by atoms with Gasteiger partial charge in [0.15, 0.2) is 0 Å². The fourth-order valence-electron chi connectivity index (χ4n) is 5.26. The van der Waals surface area contributed by atoms with Crippen LogP contribution < -0.4 is 0 Å². The second-order valence-corrected chi connectivity index (χ2v) is 8.48.